The molecule has 0 fully saturated rings. The van der Waals surface area contributed by atoms with Crippen molar-refractivity contribution in [3.8, 4) is 5.75 Å². The summed E-state index contributed by atoms with van der Waals surface area (Å²) in [5.74, 6) is 2.48. The van der Waals surface area contributed by atoms with Crippen LogP contribution in [0.4, 0.5) is 0 Å². The Morgan fingerprint density at radius 2 is 2.22 bits per heavy atom. The summed E-state index contributed by atoms with van der Waals surface area (Å²) >= 11 is 6.00. The SMILES string of the molecule is O=C(CCCOc1ccccc1Cl)NCc1nnc2n1CCC2. The predicted octanol–water partition coefficient (Wildman–Crippen LogP) is 2.35. The van der Waals surface area contributed by atoms with Crippen molar-refractivity contribution in [2.75, 3.05) is 6.61 Å². The number of ether oxygens (including phenoxy) is 1. The smallest absolute Gasteiger partial charge is 0.220 e. The van der Waals surface area contributed by atoms with Crippen LogP contribution in [0.2, 0.25) is 5.02 Å². The molecule has 1 aliphatic heterocycles. The Kier molecular flexibility index (Phi) is 5.12. The first-order chi connectivity index (χ1) is 11.2. The molecule has 0 aliphatic carbocycles. The minimum absolute atomic E-state index is 0.0110. The summed E-state index contributed by atoms with van der Waals surface area (Å²) < 4.78 is 7.64. The molecule has 23 heavy (non-hydrogen) atoms. The van der Waals surface area contributed by atoms with Crippen LogP contribution in [0.5, 0.6) is 5.75 Å². The largest absolute Gasteiger partial charge is 0.492 e. The van der Waals surface area contributed by atoms with Crippen LogP contribution in [0.25, 0.3) is 0 Å². The van der Waals surface area contributed by atoms with E-state index in [4.69, 9.17) is 16.3 Å². The summed E-state index contributed by atoms with van der Waals surface area (Å²) in [6, 6.07) is 7.31. The van der Waals surface area contributed by atoms with E-state index in [0.29, 0.717) is 36.8 Å². The highest BCUT2D eigenvalue weighted by Crippen LogP contribution is 2.23. The molecule has 3 rings (SSSR count). The molecular formula is C16H19ClN4O2. The standard InChI is InChI=1S/C16H19ClN4O2/c17-12-5-1-2-6-13(12)23-10-4-8-16(22)18-11-15-20-19-14-7-3-9-21(14)15/h1-2,5-6H,3-4,7-11H2,(H,18,22). The van der Waals surface area contributed by atoms with Gasteiger partial charge in [-0.05, 0) is 25.0 Å². The van der Waals surface area contributed by atoms with E-state index in [-0.39, 0.29) is 5.91 Å². The quantitative estimate of drug-likeness (QED) is 0.789. The van der Waals surface area contributed by atoms with Gasteiger partial charge in [-0.25, -0.2) is 0 Å². The molecule has 0 radical (unpaired) electrons. The topological polar surface area (TPSA) is 69.0 Å². The van der Waals surface area contributed by atoms with Gasteiger partial charge in [0.2, 0.25) is 5.91 Å². The van der Waals surface area contributed by atoms with Gasteiger partial charge in [0.05, 0.1) is 18.2 Å². The fourth-order valence-corrected chi connectivity index (χ4v) is 2.77. The van der Waals surface area contributed by atoms with E-state index in [0.717, 1.165) is 31.0 Å². The highest BCUT2D eigenvalue weighted by molar-refractivity contribution is 6.32. The number of rotatable bonds is 7. The highest BCUT2D eigenvalue weighted by atomic mass is 35.5. The molecule has 1 N–H and O–H groups in total. The Labute approximate surface area is 139 Å². The Hall–Kier alpha value is -2.08. The number of amides is 1. The number of benzene rings is 1. The minimum atomic E-state index is -0.0110. The van der Waals surface area contributed by atoms with Gasteiger partial charge in [-0.15, -0.1) is 10.2 Å². The lowest BCUT2D eigenvalue weighted by molar-refractivity contribution is -0.121. The minimum Gasteiger partial charge on any atom is -0.492 e. The Morgan fingerprint density at radius 1 is 1.35 bits per heavy atom. The third kappa shape index (κ3) is 4.01. The zero-order chi connectivity index (χ0) is 16.1. The monoisotopic (exact) mass is 334 g/mol. The number of carbonyl (C=O) groups is 1. The van der Waals surface area contributed by atoms with Gasteiger partial charge < -0.3 is 14.6 Å². The molecule has 122 valence electrons. The first-order valence-corrected chi connectivity index (χ1v) is 8.17. The van der Waals surface area contributed by atoms with Gasteiger partial charge >= 0.3 is 0 Å². The number of aromatic nitrogens is 3. The highest BCUT2D eigenvalue weighted by Gasteiger charge is 2.17. The molecule has 0 bridgehead atoms. The summed E-state index contributed by atoms with van der Waals surface area (Å²) in [5, 5.41) is 11.7. The molecule has 0 unspecified atom stereocenters. The number of carbonyl (C=O) groups excluding carboxylic acids is 1. The van der Waals surface area contributed by atoms with Gasteiger partial charge in [-0.2, -0.15) is 0 Å². The first kappa shape index (κ1) is 15.8. The van der Waals surface area contributed by atoms with Gasteiger partial charge in [0.15, 0.2) is 5.82 Å². The second-order valence-corrected chi connectivity index (χ2v) is 5.85. The number of fused-ring (bicyclic) bond motifs is 1. The van der Waals surface area contributed by atoms with Crippen LogP contribution in [0.1, 0.15) is 30.9 Å². The van der Waals surface area contributed by atoms with Crippen molar-refractivity contribution in [3.63, 3.8) is 0 Å². The summed E-state index contributed by atoms with van der Waals surface area (Å²) in [7, 11) is 0. The van der Waals surface area contributed by atoms with Gasteiger partial charge in [-0.1, -0.05) is 23.7 Å². The second-order valence-electron chi connectivity index (χ2n) is 5.45. The summed E-state index contributed by atoms with van der Waals surface area (Å²) in [5.41, 5.74) is 0. The van der Waals surface area contributed by atoms with E-state index in [1.807, 2.05) is 18.2 Å². The maximum absolute atomic E-state index is 11.9. The molecule has 1 amide bonds. The molecule has 0 saturated carbocycles. The average Bonchev–Trinajstić information content (AvgIpc) is 3.15. The molecule has 1 aromatic heterocycles. The molecular weight excluding hydrogens is 316 g/mol. The number of hydrogen-bond donors (Lipinski definition) is 1. The molecule has 2 heterocycles. The number of hydrogen-bond acceptors (Lipinski definition) is 4. The van der Waals surface area contributed by atoms with Crippen LogP contribution < -0.4 is 10.1 Å². The Morgan fingerprint density at radius 3 is 3.09 bits per heavy atom. The third-order valence-electron chi connectivity index (χ3n) is 3.77. The molecule has 7 heteroatoms. The van der Waals surface area contributed by atoms with Crippen molar-refractivity contribution in [3.05, 3.63) is 40.9 Å². The van der Waals surface area contributed by atoms with Gasteiger partial charge in [-0.3, -0.25) is 4.79 Å². The normalized spacial score (nSPS) is 12.9. The number of nitrogens with one attached hydrogen (secondary N) is 1. The fraction of sp³-hybridized carbons (Fsp3) is 0.438. The van der Waals surface area contributed by atoms with Crippen molar-refractivity contribution < 1.29 is 9.53 Å². The lowest BCUT2D eigenvalue weighted by Gasteiger charge is -2.08. The third-order valence-corrected chi connectivity index (χ3v) is 4.08. The van der Waals surface area contributed by atoms with Crippen LogP contribution in [-0.2, 0) is 24.3 Å². The lowest BCUT2D eigenvalue weighted by Crippen LogP contribution is -2.24. The van der Waals surface area contributed by atoms with E-state index < -0.39 is 0 Å². The zero-order valence-corrected chi connectivity index (χ0v) is 13.6. The molecule has 6 nitrogen and oxygen atoms in total. The number of nitrogens with zero attached hydrogens (tertiary/aromatic N) is 3. The first-order valence-electron chi connectivity index (χ1n) is 7.79. The van der Waals surface area contributed by atoms with E-state index in [9.17, 15) is 4.79 Å². The van der Waals surface area contributed by atoms with E-state index in [2.05, 4.69) is 20.1 Å². The number of para-hydroxylation sites is 1. The van der Waals surface area contributed by atoms with Crippen molar-refractivity contribution >= 4 is 17.5 Å². The van der Waals surface area contributed by atoms with Crippen LogP contribution >= 0.6 is 11.6 Å². The number of aryl methyl sites for hydroxylation is 1. The molecule has 0 atom stereocenters. The predicted molar refractivity (Wildman–Crippen MR) is 86.4 cm³/mol. The fourth-order valence-electron chi connectivity index (χ4n) is 2.58. The Balaban J connectivity index is 1.36. The number of halogens is 1. The van der Waals surface area contributed by atoms with Crippen LogP contribution in [0, 0.1) is 0 Å². The zero-order valence-electron chi connectivity index (χ0n) is 12.8. The maximum atomic E-state index is 11.9. The van der Waals surface area contributed by atoms with Crippen molar-refractivity contribution in [1.82, 2.24) is 20.1 Å². The van der Waals surface area contributed by atoms with Gasteiger partial charge in [0, 0.05) is 19.4 Å². The van der Waals surface area contributed by atoms with Gasteiger partial charge in [0.1, 0.15) is 11.6 Å². The van der Waals surface area contributed by atoms with Gasteiger partial charge in [0.25, 0.3) is 0 Å². The average molecular weight is 335 g/mol. The maximum Gasteiger partial charge on any atom is 0.220 e. The summed E-state index contributed by atoms with van der Waals surface area (Å²) in [4.78, 5) is 11.9. The molecule has 0 saturated heterocycles. The second kappa shape index (κ2) is 7.46. The van der Waals surface area contributed by atoms with Crippen molar-refractivity contribution in [1.29, 1.82) is 0 Å². The van der Waals surface area contributed by atoms with E-state index in [1.54, 1.807) is 6.07 Å². The molecule has 0 spiro atoms. The van der Waals surface area contributed by atoms with E-state index >= 15 is 0 Å². The van der Waals surface area contributed by atoms with Crippen molar-refractivity contribution in [2.45, 2.75) is 38.8 Å². The van der Waals surface area contributed by atoms with E-state index in [1.165, 1.54) is 0 Å². The molecule has 2 aromatic rings. The van der Waals surface area contributed by atoms with Crippen LogP contribution in [0.3, 0.4) is 0 Å². The summed E-state index contributed by atoms with van der Waals surface area (Å²) in [6.45, 7) is 1.83. The Bertz CT molecular complexity index is 686. The molecule has 1 aromatic carbocycles. The summed E-state index contributed by atoms with van der Waals surface area (Å²) in [6.07, 6.45) is 3.12. The lowest BCUT2D eigenvalue weighted by atomic mass is 10.3. The van der Waals surface area contributed by atoms with Crippen molar-refractivity contribution in [2.24, 2.45) is 0 Å². The molecule has 1 aliphatic rings. The van der Waals surface area contributed by atoms with Crippen LogP contribution in [0.15, 0.2) is 24.3 Å². The van der Waals surface area contributed by atoms with Crippen LogP contribution in [-0.4, -0.2) is 27.3 Å².